The van der Waals surface area contributed by atoms with Crippen molar-refractivity contribution in [1.29, 1.82) is 0 Å². The molecule has 0 bridgehead atoms. The molecule has 1 fully saturated rings. The van der Waals surface area contributed by atoms with E-state index >= 15 is 0 Å². The standard InChI is InChI=1S/C25H38N2O6/c1-18(2)14-21(23(29)26-15-22(28)33-25(3,4)5)31-17-20-12-9-13-27(20)24(30)32-16-19-10-7-6-8-11-19/h6-8,10-11,18,20-21H,9,12-17H2,1-5H3,(H,26,29). The van der Waals surface area contributed by atoms with Gasteiger partial charge in [0, 0.05) is 6.54 Å². The van der Waals surface area contributed by atoms with Gasteiger partial charge in [0.1, 0.15) is 24.9 Å². The molecule has 1 saturated heterocycles. The molecule has 1 aromatic rings. The Morgan fingerprint density at radius 2 is 1.85 bits per heavy atom. The van der Waals surface area contributed by atoms with Crippen molar-refractivity contribution in [2.45, 2.75) is 78.2 Å². The van der Waals surface area contributed by atoms with E-state index in [-0.39, 0.29) is 43.7 Å². The van der Waals surface area contributed by atoms with Gasteiger partial charge in [0.2, 0.25) is 5.91 Å². The Balaban J connectivity index is 1.86. The number of hydrogen-bond acceptors (Lipinski definition) is 6. The van der Waals surface area contributed by atoms with Crippen LogP contribution in [-0.2, 0) is 30.4 Å². The lowest BCUT2D eigenvalue weighted by Crippen LogP contribution is -2.44. The van der Waals surface area contributed by atoms with E-state index in [9.17, 15) is 14.4 Å². The molecule has 0 aromatic heterocycles. The van der Waals surface area contributed by atoms with Crippen LogP contribution in [0.3, 0.4) is 0 Å². The number of benzene rings is 1. The van der Waals surface area contributed by atoms with Crippen molar-refractivity contribution >= 4 is 18.0 Å². The van der Waals surface area contributed by atoms with Crippen molar-refractivity contribution in [1.82, 2.24) is 10.2 Å². The van der Waals surface area contributed by atoms with Gasteiger partial charge in [-0.15, -0.1) is 0 Å². The average Bonchev–Trinajstić information content (AvgIpc) is 3.21. The SMILES string of the molecule is CC(C)CC(OCC1CCCN1C(=O)OCc1ccccc1)C(=O)NCC(=O)OC(C)(C)C. The van der Waals surface area contributed by atoms with Crippen LogP contribution in [0, 0.1) is 5.92 Å². The number of nitrogens with zero attached hydrogens (tertiary/aromatic N) is 1. The zero-order valence-corrected chi connectivity index (χ0v) is 20.5. The van der Waals surface area contributed by atoms with Gasteiger partial charge in [-0.3, -0.25) is 9.59 Å². The Labute approximate surface area is 196 Å². The molecule has 1 aliphatic rings. The summed E-state index contributed by atoms with van der Waals surface area (Å²) in [7, 11) is 0. The Bertz CT molecular complexity index is 775. The maximum absolute atomic E-state index is 12.7. The fraction of sp³-hybridized carbons (Fsp3) is 0.640. The summed E-state index contributed by atoms with van der Waals surface area (Å²) in [6, 6.07) is 9.38. The lowest BCUT2D eigenvalue weighted by atomic mass is 10.1. The number of ether oxygens (including phenoxy) is 3. The van der Waals surface area contributed by atoms with Crippen LogP contribution in [0.1, 0.15) is 59.4 Å². The molecular formula is C25H38N2O6. The second-order valence-corrected chi connectivity index (χ2v) is 9.79. The molecule has 2 unspecified atom stereocenters. The van der Waals surface area contributed by atoms with E-state index in [0.29, 0.717) is 13.0 Å². The number of amides is 2. The molecule has 0 radical (unpaired) electrons. The van der Waals surface area contributed by atoms with Crippen molar-refractivity contribution in [3.8, 4) is 0 Å². The third-order valence-electron chi connectivity index (χ3n) is 5.11. The second kappa shape index (κ2) is 12.6. The minimum absolute atomic E-state index is 0.151. The predicted octanol–water partition coefficient (Wildman–Crippen LogP) is 3.68. The second-order valence-electron chi connectivity index (χ2n) is 9.79. The molecule has 33 heavy (non-hydrogen) atoms. The molecule has 0 spiro atoms. The molecule has 1 heterocycles. The number of rotatable bonds is 10. The Hall–Kier alpha value is -2.61. The number of carbonyl (C=O) groups excluding carboxylic acids is 3. The van der Waals surface area contributed by atoms with Crippen LogP contribution in [0.2, 0.25) is 0 Å². The summed E-state index contributed by atoms with van der Waals surface area (Å²) in [5.74, 6) is -0.633. The Morgan fingerprint density at radius 1 is 1.15 bits per heavy atom. The highest BCUT2D eigenvalue weighted by molar-refractivity contribution is 5.85. The van der Waals surface area contributed by atoms with Crippen LogP contribution in [-0.4, -0.2) is 60.3 Å². The highest BCUT2D eigenvalue weighted by atomic mass is 16.6. The van der Waals surface area contributed by atoms with E-state index in [1.807, 2.05) is 44.2 Å². The largest absolute Gasteiger partial charge is 0.459 e. The van der Waals surface area contributed by atoms with Crippen LogP contribution in [0.4, 0.5) is 4.79 Å². The summed E-state index contributed by atoms with van der Waals surface area (Å²) >= 11 is 0. The fourth-order valence-corrected chi connectivity index (χ4v) is 3.61. The molecule has 8 nitrogen and oxygen atoms in total. The van der Waals surface area contributed by atoms with Crippen molar-refractivity contribution in [3.05, 3.63) is 35.9 Å². The highest BCUT2D eigenvalue weighted by Gasteiger charge is 2.32. The summed E-state index contributed by atoms with van der Waals surface area (Å²) in [4.78, 5) is 38.9. The minimum Gasteiger partial charge on any atom is -0.459 e. The van der Waals surface area contributed by atoms with Gasteiger partial charge in [-0.2, -0.15) is 0 Å². The summed E-state index contributed by atoms with van der Waals surface area (Å²) in [6.45, 7) is 10.2. The third kappa shape index (κ3) is 9.82. The molecule has 8 heteroatoms. The van der Waals surface area contributed by atoms with E-state index < -0.39 is 17.7 Å². The molecule has 184 valence electrons. The monoisotopic (exact) mass is 462 g/mol. The Morgan fingerprint density at radius 3 is 2.48 bits per heavy atom. The average molecular weight is 463 g/mol. The molecule has 1 aromatic carbocycles. The molecule has 1 aliphatic heterocycles. The van der Waals surface area contributed by atoms with Crippen molar-refractivity contribution in [2.24, 2.45) is 5.92 Å². The van der Waals surface area contributed by atoms with Crippen molar-refractivity contribution in [3.63, 3.8) is 0 Å². The topological polar surface area (TPSA) is 94.2 Å². The van der Waals surface area contributed by atoms with Crippen LogP contribution in [0.25, 0.3) is 0 Å². The third-order valence-corrected chi connectivity index (χ3v) is 5.11. The van der Waals surface area contributed by atoms with Gasteiger partial charge in [-0.1, -0.05) is 44.2 Å². The minimum atomic E-state index is -0.713. The summed E-state index contributed by atoms with van der Waals surface area (Å²) in [6.07, 6.45) is 1.06. The van der Waals surface area contributed by atoms with E-state index in [1.165, 1.54) is 0 Å². The fourth-order valence-electron chi connectivity index (χ4n) is 3.61. The highest BCUT2D eigenvalue weighted by Crippen LogP contribution is 2.21. The van der Waals surface area contributed by atoms with Gasteiger partial charge >= 0.3 is 12.1 Å². The van der Waals surface area contributed by atoms with Crippen molar-refractivity contribution < 1.29 is 28.6 Å². The first-order chi connectivity index (χ1) is 15.5. The van der Waals surface area contributed by atoms with Crippen molar-refractivity contribution in [2.75, 3.05) is 19.7 Å². The summed E-state index contributed by atoms with van der Waals surface area (Å²) < 4.78 is 16.7. The lowest BCUT2D eigenvalue weighted by Gasteiger charge is -2.27. The van der Waals surface area contributed by atoms with Crippen LogP contribution < -0.4 is 5.32 Å². The molecule has 0 saturated carbocycles. The van der Waals surface area contributed by atoms with Gasteiger partial charge in [0.15, 0.2) is 0 Å². The van der Waals surface area contributed by atoms with Gasteiger partial charge < -0.3 is 24.4 Å². The van der Waals surface area contributed by atoms with Gasteiger partial charge in [0.25, 0.3) is 0 Å². The molecule has 2 rings (SSSR count). The van der Waals surface area contributed by atoms with Gasteiger partial charge in [-0.25, -0.2) is 4.79 Å². The normalized spacial score (nSPS) is 17.0. The Kier molecular flexibility index (Phi) is 10.2. The molecule has 2 atom stereocenters. The molecule has 2 amide bonds. The zero-order valence-electron chi connectivity index (χ0n) is 20.5. The van der Waals surface area contributed by atoms with Crippen LogP contribution >= 0.6 is 0 Å². The zero-order chi connectivity index (χ0) is 24.4. The summed E-state index contributed by atoms with van der Waals surface area (Å²) in [5.41, 5.74) is 0.313. The quantitative estimate of drug-likeness (QED) is 0.533. The number of nitrogens with one attached hydrogen (secondary N) is 1. The molecule has 0 aliphatic carbocycles. The number of hydrogen-bond donors (Lipinski definition) is 1. The number of carbonyl (C=O) groups is 3. The first-order valence-corrected chi connectivity index (χ1v) is 11.6. The first-order valence-electron chi connectivity index (χ1n) is 11.6. The van der Waals surface area contributed by atoms with Crippen LogP contribution in [0.15, 0.2) is 30.3 Å². The number of likely N-dealkylation sites (tertiary alicyclic amines) is 1. The van der Waals surface area contributed by atoms with E-state index in [1.54, 1.807) is 25.7 Å². The van der Waals surface area contributed by atoms with Crippen LogP contribution in [0.5, 0.6) is 0 Å². The smallest absolute Gasteiger partial charge is 0.410 e. The first kappa shape index (κ1) is 26.6. The summed E-state index contributed by atoms with van der Waals surface area (Å²) in [5, 5.41) is 2.61. The molecular weight excluding hydrogens is 424 g/mol. The van der Waals surface area contributed by atoms with E-state index in [2.05, 4.69) is 5.32 Å². The van der Waals surface area contributed by atoms with Gasteiger partial charge in [0.05, 0.1) is 12.6 Å². The maximum atomic E-state index is 12.7. The predicted molar refractivity (Wildman–Crippen MR) is 124 cm³/mol. The van der Waals surface area contributed by atoms with E-state index in [0.717, 1.165) is 18.4 Å². The lowest BCUT2D eigenvalue weighted by molar-refractivity contribution is -0.155. The number of esters is 1. The van der Waals surface area contributed by atoms with Gasteiger partial charge in [-0.05, 0) is 51.5 Å². The maximum Gasteiger partial charge on any atom is 0.410 e. The van der Waals surface area contributed by atoms with E-state index in [4.69, 9.17) is 14.2 Å². The molecule has 1 N–H and O–H groups in total.